The SMILES string of the molecule is CC(C)(SC(C)(CC(=O)c1ccccc1)c1ccccc1)SC(C)(CC(=O)c1ccccc1)c1ccccc1. The zero-order valence-electron chi connectivity index (χ0n) is 23.1. The second-order valence-electron chi connectivity index (χ2n) is 10.7. The van der Waals surface area contributed by atoms with E-state index in [2.05, 4.69) is 52.0 Å². The predicted octanol–water partition coefficient (Wildman–Crippen LogP) is 9.57. The van der Waals surface area contributed by atoms with Gasteiger partial charge < -0.3 is 0 Å². The van der Waals surface area contributed by atoms with E-state index >= 15 is 0 Å². The summed E-state index contributed by atoms with van der Waals surface area (Å²) >= 11 is 3.60. The fraction of sp³-hybridized carbons (Fsp3) is 0.257. The van der Waals surface area contributed by atoms with Gasteiger partial charge in [-0.25, -0.2) is 0 Å². The second-order valence-corrected chi connectivity index (χ2v) is 15.2. The molecule has 0 spiro atoms. The zero-order chi connectivity index (χ0) is 27.9. The Labute approximate surface area is 241 Å². The lowest BCUT2D eigenvalue weighted by Gasteiger charge is -2.42. The minimum absolute atomic E-state index is 0.125. The third-order valence-corrected chi connectivity index (χ3v) is 10.0. The van der Waals surface area contributed by atoms with Crippen LogP contribution in [0.2, 0.25) is 0 Å². The zero-order valence-corrected chi connectivity index (χ0v) is 24.7. The van der Waals surface area contributed by atoms with Gasteiger partial charge in [0.05, 0.1) is 4.08 Å². The van der Waals surface area contributed by atoms with Crippen LogP contribution < -0.4 is 0 Å². The Kier molecular flexibility index (Phi) is 9.19. The normalized spacial score (nSPS) is 14.7. The molecule has 200 valence electrons. The molecule has 39 heavy (non-hydrogen) atoms. The van der Waals surface area contributed by atoms with Gasteiger partial charge in [0.2, 0.25) is 0 Å². The summed E-state index contributed by atoms with van der Waals surface area (Å²) < 4.78 is -1.26. The summed E-state index contributed by atoms with van der Waals surface area (Å²) in [5, 5.41) is 0. The van der Waals surface area contributed by atoms with Crippen LogP contribution >= 0.6 is 23.5 Å². The van der Waals surface area contributed by atoms with Crippen molar-refractivity contribution in [2.75, 3.05) is 0 Å². The third-order valence-electron chi connectivity index (χ3n) is 6.90. The highest BCUT2D eigenvalue weighted by molar-refractivity contribution is 8.19. The number of carbonyl (C=O) groups excluding carboxylic acids is 2. The van der Waals surface area contributed by atoms with Crippen LogP contribution in [0.25, 0.3) is 0 Å². The molecule has 0 saturated heterocycles. The van der Waals surface area contributed by atoms with E-state index in [1.54, 1.807) is 23.5 Å². The van der Waals surface area contributed by atoms with Crippen LogP contribution in [-0.2, 0) is 9.49 Å². The first-order valence-electron chi connectivity index (χ1n) is 13.3. The second kappa shape index (κ2) is 12.4. The number of carbonyl (C=O) groups is 2. The molecule has 2 nitrogen and oxygen atoms in total. The number of Topliss-reactive ketones (excluding diaryl/α,β-unsaturated/α-hetero) is 2. The molecule has 4 aromatic carbocycles. The minimum atomic E-state index is -0.467. The quantitative estimate of drug-likeness (QED) is 0.129. The number of hydrogen-bond acceptors (Lipinski definition) is 4. The molecule has 0 bridgehead atoms. The summed E-state index contributed by atoms with van der Waals surface area (Å²) in [6, 6.07) is 39.7. The average molecular weight is 553 g/mol. The lowest BCUT2D eigenvalue weighted by molar-refractivity contribution is 0.0963. The van der Waals surface area contributed by atoms with Crippen molar-refractivity contribution in [2.45, 2.75) is 54.1 Å². The molecular weight excluding hydrogens is 517 g/mol. The molecule has 2 unspecified atom stereocenters. The maximum atomic E-state index is 13.5. The van der Waals surface area contributed by atoms with Gasteiger partial charge in [-0.15, -0.1) is 23.5 Å². The van der Waals surface area contributed by atoms with Crippen LogP contribution in [0.5, 0.6) is 0 Å². The first kappa shape index (κ1) is 28.9. The van der Waals surface area contributed by atoms with Crippen molar-refractivity contribution >= 4 is 35.1 Å². The van der Waals surface area contributed by atoms with Crippen molar-refractivity contribution in [3.63, 3.8) is 0 Å². The molecule has 0 aliphatic rings. The minimum Gasteiger partial charge on any atom is -0.294 e. The van der Waals surface area contributed by atoms with Gasteiger partial charge in [0.15, 0.2) is 11.6 Å². The van der Waals surface area contributed by atoms with Gasteiger partial charge in [0, 0.05) is 33.5 Å². The van der Waals surface area contributed by atoms with E-state index in [1.807, 2.05) is 97.1 Å². The van der Waals surface area contributed by atoms with Crippen molar-refractivity contribution in [3.05, 3.63) is 144 Å². The number of hydrogen-bond donors (Lipinski definition) is 0. The van der Waals surface area contributed by atoms with Crippen molar-refractivity contribution in [1.29, 1.82) is 0 Å². The van der Waals surface area contributed by atoms with Crippen LogP contribution in [0.3, 0.4) is 0 Å². The molecule has 4 heteroatoms. The van der Waals surface area contributed by atoms with Crippen molar-refractivity contribution in [2.24, 2.45) is 0 Å². The molecule has 0 N–H and O–H groups in total. The van der Waals surface area contributed by atoms with Crippen LogP contribution in [-0.4, -0.2) is 15.6 Å². The summed E-state index contributed by atoms with van der Waals surface area (Å²) in [7, 11) is 0. The van der Waals surface area contributed by atoms with Crippen LogP contribution in [0.4, 0.5) is 0 Å². The van der Waals surface area contributed by atoms with Crippen LogP contribution in [0.15, 0.2) is 121 Å². The number of rotatable bonds is 12. The Hall–Kier alpha value is -3.08. The van der Waals surface area contributed by atoms with Gasteiger partial charge in [0.1, 0.15) is 0 Å². The summed E-state index contributed by atoms with van der Waals surface area (Å²) in [5.41, 5.74) is 3.70. The Morgan fingerprint density at radius 2 is 0.769 bits per heavy atom. The maximum Gasteiger partial charge on any atom is 0.164 e. The Balaban J connectivity index is 1.65. The first-order valence-corrected chi connectivity index (χ1v) is 14.9. The van der Waals surface area contributed by atoms with Gasteiger partial charge >= 0.3 is 0 Å². The van der Waals surface area contributed by atoms with E-state index < -0.39 is 9.49 Å². The van der Waals surface area contributed by atoms with Crippen molar-refractivity contribution in [3.8, 4) is 0 Å². The third kappa shape index (κ3) is 7.52. The molecule has 4 rings (SSSR count). The molecule has 0 radical (unpaired) electrons. The molecule has 0 heterocycles. The van der Waals surface area contributed by atoms with Gasteiger partial charge in [-0.1, -0.05) is 121 Å². The fourth-order valence-corrected chi connectivity index (χ4v) is 9.50. The Morgan fingerprint density at radius 1 is 0.487 bits per heavy atom. The standard InChI is InChI=1S/C35H36O2S2/c1-33(2,38-34(3,29-21-13-7-14-22-29)25-31(36)27-17-9-5-10-18-27)39-35(4,30-23-15-8-16-24-30)26-32(37)28-19-11-6-12-20-28/h5-24H,25-26H2,1-4H3. The number of benzene rings is 4. The molecular formula is C35H36O2S2. The summed E-state index contributed by atoms with van der Waals surface area (Å²) in [5.74, 6) is 0.251. The van der Waals surface area contributed by atoms with E-state index in [0.29, 0.717) is 12.8 Å². The highest BCUT2D eigenvalue weighted by Gasteiger charge is 2.42. The summed E-state index contributed by atoms with van der Waals surface area (Å²) in [6.07, 6.45) is 0.751. The topological polar surface area (TPSA) is 34.1 Å². The van der Waals surface area contributed by atoms with Gasteiger partial charge in [-0.2, -0.15) is 0 Å². The fourth-order valence-electron chi connectivity index (χ4n) is 5.15. The van der Waals surface area contributed by atoms with E-state index in [9.17, 15) is 9.59 Å². The lowest BCUT2D eigenvalue weighted by Crippen LogP contribution is -2.32. The van der Waals surface area contributed by atoms with Crippen molar-refractivity contribution < 1.29 is 9.59 Å². The van der Waals surface area contributed by atoms with Crippen molar-refractivity contribution in [1.82, 2.24) is 0 Å². The Morgan fingerprint density at radius 3 is 1.08 bits per heavy atom. The molecule has 2 atom stereocenters. The highest BCUT2D eigenvalue weighted by Crippen LogP contribution is 2.57. The molecule has 0 aromatic heterocycles. The van der Waals surface area contributed by atoms with E-state index in [4.69, 9.17) is 0 Å². The molecule has 0 fully saturated rings. The lowest BCUT2D eigenvalue weighted by atomic mass is 9.92. The highest BCUT2D eigenvalue weighted by atomic mass is 32.2. The van der Waals surface area contributed by atoms with E-state index in [-0.39, 0.29) is 15.6 Å². The molecule has 4 aromatic rings. The predicted molar refractivity (Wildman–Crippen MR) is 168 cm³/mol. The van der Waals surface area contributed by atoms with Gasteiger partial charge in [-0.05, 0) is 38.8 Å². The van der Waals surface area contributed by atoms with Gasteiger partial charge in [-0.3, -0.25) is 9.59 Å². The van der Waals surface area contributed by atoms with E-state index in [0.717, 1.165) is 22.3 Å². The van der Waals surface area contributed by atoms with Crippen LogP contribution in [0.1, 0.15) is 72.4 Å². The first-order chi connectivity index (χ1) is 18.6. The monoisotopic (exact) mass is 552 g/mol. The molecule has 0 saturated carbocycles. The average Bonchev–Trinajstić information content (AvgIpc) is 2.94. The number of thioether (sulfide) groups is 2. The summed E-state index contributed by atoms with van der Waals surface area (Å²) in [6.45, 7) is 8.77. The van der Waals surface area contributed by atoms with Crippen LogP contribution in [0, 0.1) is 0 Å². The number of ketones is 2. The van der Waals surface area contributed by atoms with Gasteiger partial charge in [0.25, 0.3) is 0 Å². The smallest absolute Gasteiger partial charge is 0.164 e. The molecule has 0 aliphatic carbocycles. The van der Waals surface area contributed by atoms with E-state index in [1.165, 1.54) is 0 Å². The molecule has 0 amide bonds. The largest absolute Gasteiger partial charge is 0.294 e. The Bertz CT molecular complexity index is 1260. The molecule has 0 aliphatic heterocycles. The summed E-state index contributed by atoms with van der Waals surface area (Å²) in [4.78, 5) is 26.9. The maximum absolute atomic E-state index is 13.5.